The summed E-state index contributed by atoms with van der Waals surface area (Å²) in [6.07, 6.45) is 5.91. The zero-order chi connectivity index (χ0) is 16.6. The van der Waals surface area contributed by atoms with Gasteiger partial charge in [0.15, 0.2) is 0 Å². The molecule has 2 amide bonds. The molecule has 2 aromatic rings. The largest absolute Gasteiger partial charge is 0.333 e. The Labute approximate surface area is 147 Å². The second-order valence-electron chi connectivity index (χ2n) is 5.88. The molecular weight excluding hydrogens is 320 g/mol. The lowest BCUT2D eigenvalue weighted by Crippen LogP contribution is -2.44. The third-order valence-electron chi connectivity index (χ3n) is 4.21. The summed E-state index contributed by atoms with van der Waals surface area (Å²) in [5.74, 6) is 2.98. The summed E-state index contributed by atoms with van der Waals surface area (Å²) < 4.78 is 2.13. The Morgan fingerprint density at radius 2 is 2.00 bits per heavy atom. The number of imidazole rings is 1. The number of hydrogen-bond acceptors (Lipinski definition) is 3. The maximum atomic E-state index is 12.2. The van der Waals surface area contributed by atoms with Crippen molar-refractivity contribution in [1.29, 1.82) is 0 Å². The van der Waals surface area contributed by atoms with Gasteiger partial charge >= 0.3 is 6.03 Å². The minimum absolute atomic E-state index is 0.0223. The monoisotopic (exact) mass is 344 g/mol. The van der Waals surface area contributed by atoms with Crippen molar-refractivity contribution in [3.05, 3.63) is 54.1 Å². The van der Waals surface area contributed by atoms with Crippen LogP contribution in [0.15, 0.2) is 42.7 Å². The summed E-state index contributed by atoms with van der Waals surface area (Å²) in [6.45, 7) is 3.07. The van der Waals surface area contributed by atoms with E-state index in [0.717, 1.165) is 49.8 Å². The molecular formula is C18H24N4OS. The van der Waals surface area contributed by atoms with Crippen molar-refractivity contribution in [2.45, 2.75) is 25.9 Å². The Kier molecular flexibility index (Phi) is 6.18. The Morgan fingerprint density at radius 1 is 1.21 bits per heavy atom. The minimum Gasteiger partial charge on any atom is -0.333 e. The molecule has 0 aliphatic carbocycles. The van der Waals surface area contributed by atoms with Crippen LogP contribution in [-0.4, -0.2) is 45.1 Å². The number of urea groups is 1. The number of aromatic nitrogens is 2. The van der Waals surface area contributed by atoms with Crippen molar-refractivity contribution in [1.82, 2.24) is 19.8 Å². The van der Waals surface area contributed by atoms with E-state index in [-0.39, 0.29) is 6.03 Å². The first-order valence-corrected chi connectivity index (χ1v) is 9.63. The molecule has 1 saturated heterocycles. The summed E-state index contributed by atoms with van der Waals surface area (Å²) in [5.41, 5.74) is 1.36. The van der Waals surface area contributed by atoms with Crippen molar-refractivity contribution in [3.8, 4) is 0 Å². The number of carbonyl (C=O) groups is 1. The topological polar surface area (TPSA) is 50.2 Å². The highest BCUT2D eigenvalue weighted by Crippen LogP contribution is 2.09. The standard InChI is InChI=1S/C18H24N4OS/c23-18(22-11-13-24-14-12-22)20-15-17-19-8-10-21(17)9-4-7-16-5-2-1-3-6-16/h1-3,5-6,8,10H,4,7,9,11-15H2,(H,20,23). The van der Waals surface area contributed by atoms with E-state index in [1.54, 1.807) is 0 Å². The van der Waals surface area contributed by atoms with Gasteiger partial charge in [0.25, 0.3) is 0 Å². The van der Waals surface area contributed by atoms with Gasteiger partial charge in [-0.3, -0.25) is 0 Å². The lowest BCUT2D eigenvalue weighted by atomic mass is 10.1. The summed E-state index contributed by atoms with van der Waals surface area (Å²) in [7, 11) is 0. The van der Waals surface area contributed by atoms with Crippen molar-refractivity contribution in [2.24, 2.45) is 0 Å². The van der Waals surface area contributed by atoms with Crippen LogP contribution in [0, 0.1) is 0 Å². The van der Waals surface area contributed by atoms with Crippen LogP contribution in [0.4, 0.5) is 4.79 Å². The zero-order valence-corrected chi connectivity index (χ0v) is 14.7. The number of carbonyl (C=O) groups excluding carboxylic acids is 1. The van der Waals surface area contributed by atoms with Gasteiger partial charge in [-0.2, -0.15) is 11.8 Å². The van der Waals surface area contributed by atoms with Crippen molar-refractivity contribution in [3.63, 3.8) is 0 Å². The molecule has 1 aromatic heterocycles. The number of benzene rings is 1. The van der Waals surface area contributed by atoms with Gasteiger partial charge in [-0.1, -0.05) is 30.3 Å². The highest BCUT2D eigenvalue weighted by molar-refractivity contribution is 7.99. The van der Waals surface area contributed by atoms with E-state index in [9.17, 15) is 4.79 Å². The Hall–Kier alpha value is -1.95. The molecule has 2 heterocycles. The van der Waals surface area contributed by atoms with Gasteiger partial charge in [0.1, 0.15) is 5.82 Å². The number of amides is 2. The second kappa shape index (κ2) is 8.78. The number of nitrogens with zero attached hydrogens (tertiary/aromatic N) is 3. The van der Waals surface area contributed by atoms with E-state index in [0.29, 0.717) is 6.54 Å². The number of aryl methyl sites for hydroxylation is 2. The predicted molar refractivity (Wildman–Crippen MR) is 98.1 cm³/mol. The molecule has 128 valence electrons. The lowest BCUT2D eigenvalue weighted by Gasteiger charge is -2.26. The van der Waals surface area contributed by atoms with E-state index in [4.69, 9.17) is 0 Å². The van der Waals surface area contributed by atoms with E-state index in [2.05, 4.69) is 39.1 Å². The van der Waals surface area contributed by atoms with Crippen LogP contribution < -0.4 is 5.32 Å². The van der Waals surface area contributed by atoms with Gasteiger partial charge in [0, 0.05) is 43.5 Å². The van der Waals surface area contributed by atoms with Crippen LogP contribution in [0.5, 0.6) is 0 Å². The number of rotatable bonds is 6. The molecule has 0 saturated carbocycles. The van der Waals surface area contributed by atoms with E-state index in [1.165, 1.54) is 5.56 Å². The first-order valence-electron chi connectivity index (χ1n) is 8.47. The maximum absolute atomic E-state index is 12.2. The Bertz CT molecular complexity index is 637. The summed E-state index contributed by atoms with van der Waals surface area (Å²) in [6, 6.07) is 10.5. The van der Waals surface area contributed by atoms with Crippen molar-refractivity contribution < 1.29 is 4.79 Å². The highest BCUT2D eigenvalue weighted by Gasteiger charge is 2.16. The van der Waals surface area contributed by atoms with Crippen LogP contribution >= 0.6 is 11.8 Å². The third-order valence-corrected chi connectivity index (χ3v) is 5.15. The van der Waals surface area contributed by atoms with Gasteiger partial charge in [0.2, 0.25) is 0 Å². The van der Waals surface area contributed by atoms with Crippen LogP contribution in [0.2, 0.25) is 0 Å². The third kappa shape index (κ3) is 4.77. The Morgan fingerprint density at radius 3 is 2.79 bits per heavy atom. The van der Waals surface area contributed by atoms with Crippen LogP contribution in [0.1, 0.15) is 17.8 Å². The van der Waals surface area contributed by atoms with E-state index in [1.807, 2.05) is 35.1 Å². The SMILES string of the molecule is O=C(NCc1nccn1CCCc1ccccc1)N1CCSCC1. The molecule has 0 atom stereocenters. The maximum Gasteiger partial charge on any atom is 0.317 e. The van der Waals surface area contributed by atoms with Gasteiger partial charge in [-0.25, -0.2) is 9.78 Å². The molecule has 1 aromatic carbocycles. The molecule has 0 radical (unpaired) electrons. The number of thioether (sulfide) groups is 1. The summed E-state index contributed by atoms with van der Waals surface area (Å²) >= 11 is 1.90. The highest BCUT2D eigenvalue weighted by atomic mass is 32.2. The lowest BCUT2D eigenvalue weighted by molar-refractivity contribution is 0.202. The molecule has 6 heteroatoms. The van der Waals surface area contributed by atoms with Gasteiger partial charge in [-0.05, 0) is 18.4 Å². The smallest absolute Gasteiger partial charge is 0.317 e. The average Bonchev–Trinajstić information content (AvgIpc) is 3.09. The quantitative estimate of drug-likeness (QED) is 0.877. The fraction of sp³-hybridized carbons (Fsp3) is 0.444. The Balaban J connectivity index is 1.45. The fourth-order valence-electron chi connectivity index (χ4n) is 2.84. The molecule has 0 bridgehead atoms. The number of nitrogens with one attached hydrogen (secondary N) is 1. The second-order valence-corrected chi connectivity index (χ2v) is 7.11. The van der Waals surface area contributed by atoms with Crippen LogP contribution in [0.3, 0.4) is 0 Å². The molecule has 1 N–H and O–H groups in total. The molecule has 5 nitrogen and oxygen atoms in total. The minimum atomic E-state index is 0.0223. The molecule has 3 rings (SSSR count). The van der Waals surface area contributed by atoms with Crippen molar-refractivity contribution in [2.75, 3.05) is 24.6 Å². The van der Waals surface area contributed by atoms with E-state index < -0.39 is 0 Å². The van der Waals surface area contributed by atoms with Crippen LogP contribution in [0.25, 0.3) is 0 Å². The number of hydrogen-bond donors (Lipinski definition) is 1. The van der Waals surface area contributed by atoms with Gasteiger partial charge in [0.05, 0.1) is 6.54 Å². The molecule has 0 spiro atoms. The molecule has 1 aliphatic rings. The van der Waals surface area contributed by atoms with Gasteiger partial charge in [-0.15, -0.1) is 0 Å². The first-order chi connectivity index (χ1) is 11.8. The zero-order valence-electron chi connectivity index (χ0n) is 13.9. The van der Waals surface area contributed by atoms with Gasteiger partial charge < -0.3 is 14.8 Å². The summed E-state index contributed by atoms with van der Waals surface area (Å²) in [4.78, 5) is 18.4. The molecule has 24 heavy (non-hydrogen) atoms. The average molecular weight is 344 g/mol. The fourth-order valence-corrected chi connectivity index (χ4v) is 3.75. The summed E-state index contributed by atoms with van der Waals surface area (Å²) in [5, 5.41) is 3.00. The first kappa shape index (κ1) is 16.9. The normalized spacial score (nSPS) is 14.6. The molecule has 0 unspecified atom stereocenters. The molecule has 1 aliphatic heterocycles. The van der Waals surface area contributed by atoms with Crippen LogP contribution in [-0.2, 0) is 19.5 Å². The van der Waals surface area contributed by atoms with E-state index >= 15 is 0 Å². The molecule has 1 fully saturated rings. The predicted octanol–water partition coefficient (Wildman–Crippen LogP) is 2.77. The van der Waals surface area contributed by atoms with Crippen molar-refractivity contribution >= 4 is 17.8 Å².